The Morgan fingerprint density at radius 2 is 1.49 bits per heavy atom. The molecule has 6 heteroatoms. The van der Waals surface area contributed by atoms with Crippen molar-refractivity contribution >= 4 is 33.9 Å². The first kappa shape index (κ1) is 24.1. The fourth-order valence-corrected chi connectivity index (χ4v) is 4.80. The number of carbonyl (C=O) groups excluding carboxylic acids is 2. The molecule has 1 unspecified atom stereocenters. The van der Waals surface area contributed by atoms with Crippen LogP contribution in [0.1, 0.15) is 31.0 Å². The Balaban J connectivity index is 1.72. The minimum Gasteiger partial charge on any atom is -0.507 e. The maximum atomic E-state index is 13.5. The molecule has 186 valence electrons. The van der Waals surface area contributed by atoms with E-state index in [9.17, 15) is 14.7 Å². The van der Waals surface area contributed by atoms with Gasteiger partial charge in [0.25, 0.3) is 11.7 Å². The normalized spacial score (nSPS) is 16.8. The number of nitrogens with zero attached hydrogens (tertiary/aromatic N) is 1. The first-order chi connectivity index (χ1) is 18.0. The standard InChI is InChI=1S/C31H27NO5/c1-3-36-23-17-15-22(16-18-23)32-28(21-11-7-12-24(19-21)37-4-2)27(30(34)31(32)35)29(33)26-14-8-10-20-9-5-6-13-25(20)26/h5-19,28,33H,3-4H2,1-2H3/b29-27-. The van der Waals surface area contributed by atoms with Crippen LogP contribution in [0.25, 0.3) is 16.5 Å². The highest BCUT2D eigenvalue weighted by atomic mass is 16.5. The lowest BCUT2D eigenvalue weighted by Gasteiger charge is -2.26. The third-order valence-electron chi connectivity index (χ3n) is 6.40. The Labute approximate surface area is 215 Å². The summed E-state index contributed by atoms with van der Waals surface area (Å²) in [6, 6.07) is 26.6. The van der Waals surface area contributed by atoms with Gasteiger partial charge in [-0.05, 0) is 66.6 Å². The number of carbonyl (C=O) groups is 2. The topological polar surface area (TPSA) is 76.1 Å². The van der Waals surface area contributed by atoms with Gasteiger partial charge in [0.05, 0.1) is 24.8 Å². The second-order valence-corrected chi connectivity index (χ2v) is 8.63. The minimum absolute atomic E-state index is 0.0314. The van der Waals surface area contributed by atoms with Gasteiger partial charge in [-0.2, -0.15) is 0 Å². The van der Waals surface area contributed by atoms with Gasteiger partial charge in [-0.25, -0.2) is 0 Å². The summed E-state index contributed by atoms with van der Waals surface area (Å²) in [5.74, 6) is -0.393. The van der Waals surface area contributed by atoms with Crippen LogP contribution in [0.3, 0.4) is 0 Å². The fraction of sp³-hybridized carbons (Fsp3) is 0.161. The van der Waals surface area contributed by atoms with E-state index < -0.39 is 17.7 Å². The quantitative estimate of drug-likeness (QED) is 0.187. The Hall–Kier alpha value is -4.58. The largest absolute Gasteiger partial charge is 0.507 e. The molecule has 1 aliphatic heterocycles. The summed E-state index contributed by atoms with van der Waals surface area (Å²) in [6.45, 7) is 4.77. The number of fused-ring (bicyclic) bond motifs is 1. The SMILES string of the molecule is CCOc1ccc(N2C(=O)C(=O)/C(=C(\O)c3cccc4ccccc34)C2c2cccc(OCC)c2)cc1. The summed E-state index contributed by atoms with van der Waals surface area (Å²) >= 11 is 0. The molecule has 4 aromatic carbocycles. The predicted octanol–water partition coefficient (Wildman–Crippen LogP) is 6.26. The summed E-state index contributed by atoms with van der Waals surface area (Å²) in [7, 11) is 0. The number of Topliss-reactive ketones (excluding diaryl/α,β-unsaturated/α-hetero) is 1. The molecule has 1 aliphatic rings. The minimum atomic E-state index is -0.850. The maximum Gasteiger partial charge on any atom is 0.300 e. The third kappa shape index (κ3) is 4.42. The molecule has 5 rings (SSSR count). The monoisotopic (exact) mass is 493 g/mol. The van der Waals surface area contributed by atoms with E-state index in [2.05, 4.69) is 0 Å². The van der Waals surface area contributed by atoms with Crippen molar-refractivity contribution in [3.63, 3.8) is 0 Å². The van der Waals surface area contributed by atoms with E-state index in [4.69, 9.17) is 9.47 Å². The van der Waals surface area contributed by atoms with Crippen molar-refractivity contribution in [2.24, 2.45) is 0 Å². The summed E-state index contributed by atoms with van der Waals surface area (Å²) < 4.78 is 11.2. The lowest BCUT2D eigenvalue weighted by atomic mass is 9.93. The second kappa shape index (κ2) is 10.2. The third-order valence-corrected chi connectivity index (χ3v) is 6.40. The number of rotatable bonds is 7. The zero-order valence-electron chi connectivity index (χ0n) is 20.7. The van der Waals surface area contributed by atoms with Gasteiger partial charge >= 0.3 is 0 Å². The second-order valence-electron chi connectivity index (χ2n) is 8.63. The maximum absolute atomic E-state index is 13.5. The molecule has 0 aliphatic carbocycles. The van der Waals surface area contributed by atoms with E-state index in [1.54, 1.807) is 36.4 Å². The van der Waals surface area contributed by atoms with Crippen LogP contribution >= 0.6 is 0 Å². The van der Waals surface area contributed by atoms with Crippen molar-refractivity contribution in [2.45, 2.75) is 19.9 Å². The highest BCUT2D eigenvalue weighted by Gasteiger charge is 2.47. The molecule has 1 saturated heterocycles. The molecule has 1 amide bonds. The van der Waals surface area contributed by atoms with Crippen molar-refractivity contribution in [1.82, 2.24) is 0 Å². The van der Waals surface area contributed by atoms with Crippen molar-refractivity contribution in [3.8, 4) is 11.5 Å². The molecule has 0 bridgehead atoms. The van der Waals surface area contributed by atoms with Gasteiger partial charge in [-0.1, -0.05) is 54.6 Å². The van der Waals surface area contributed by atoms with Gasteiger partial charge in [0.1, 0.15) is 17.3 Å². The van der Waals surface area contributed by atoms with E-state index in [0.29, 0.717) is 41.5 Å². The highest BCUT2D eigenvalue weighted by Crippen LogP contribution is 2.43. The molecule has 1 fully saturated rings. The van der Waals surface area contributed by atoms with Crippen molar-refractivity contribution in [2.75, 3.05) is 18.1 Å². The Morgan fingerprint density at radius 3 is 2.24 bits per heavy atom. The van der Waals surface area contributed by atoms with E-state index in [-0.39, 0.29) is 11.3 Å². The van der Waals surface area contributed by atoms with Crippen LogP contribution in [-0.4, -0.2) is 30.0 Å². The smallest absolute Gasteiger partial charge is 0.300 e. The van der Waals surface area contributed by atoms with Crippen LogP contribution in [0.15, 0.2) is 96.6 Å². The van der Waals surface area contributed by atoms with Gasteiger partial charge in [0.15, 0.2) is 0 Å². The molecule has 1 N–H and O–H groups in total. The van der Waals surface area contributed by atoms with E-state index in [1.165, 1.54) is 4.90 Å². The molecule has 0 saturated carbocycles. The van der Waals surface area contributed by atoms with Gasteiger partial charge in [0, 0.05) is 11.3 Å². The Morgan fingerprint density at radius 1 is 0.811 bits per heavy atom. The highest BCUT2D eigenvalue weighted by molar-refractivity contribution is 6.51. The molecule has 1 atom stereocenters. The van der Waals surface area contributed by atoms with Crippen LogP contribution in [0.4, 0.5) is 5.69 Å². The van der Waals surface area contributed by atoms with Crippen LogP contribution in [0, 0.1) is 0 Å². The van der Waals surface area contributed by atoms with Gasteiger partial charge < -0.3 is 14.6 Å². The lowest BCUT2D eigenvalue weighted by molar-refractivity contribution is -0.132. The molecule has 0 spiro atoms. The molecular weight excluding hydrogens is 466 g/mol. The molecule has 37 heavy (non-hydrogen) atoms. The zero-order chi connectivity index (χ0) is 25.9. The molecule has 0 aromatic heterocycles. The van der Waals surface area contributed by atoms with E-state index in [0.717, 1.165) is 10.8 Å². The number of benzene rings is 4. The van der Waals surface area contributed by atoms with Crippen LogP contribution in [0.2, 0.25) is 0 Å². The summed E-state index contributed by atoms with van der Waals surface area (Å²) in [5, 5.41) is 13.3. The van der Waals surface area contributed by atoms with E-state index >= 15 is 0 Å². The molecule has 6 nitrogen and oxygen atoms in total. The van der Waals surface area contributed by atoms with Crippen molar-refractivity contribution < 1.29 is 24.2 Å². The number of hydrogen-bond acceptors (Lipinski definition) is 5. The Bertz CT molecular complexity index is 1500. The average Bonchev–Trinajstić information content (AvgIpc) is 3.19. The average molecular weight is 494 g/mol. The van der Waals surface area contributed by atoms with E-state index in [1.807, 2.05) is 68.4 Å². The number of ether oxygens (including phenoxy) is 2. The van der Waals surface area contributed by atoms with Gasteiger partial charge in [0.2, 0.25) is 0 Å². The van der Waals surface area contributed by atoms with Crippen molar-refractivity contribution in [3.05, 3.63) is 108 Å². The van der Waals surface area contributed by atoms with Crippen LogP contribution < -0.4 is 14.4 Å². The van der Waals surface area contributed by atoms with Crippen LogP contribution in [0.5, 0.6) is 11.5 Å². The van der Waals surface area contributed by atoms with Gasteiger partial charge in [-0.3, -0.25) is 14.5 Å². The summed E-state index contributed by atoms with van der Waals surface area (Å²) in [4.78, 5) is 28.5. The molecular formula is C31H27NO5. The van der Waals surface area contributed by atoms with Crippen molar-refractivity contribution in [1.29, 1.82) is 0 Å². The molecule has 0 radical (unpaired) electrons. The number of amides is 1. The number of anilines is 1. The summed E-state index contributed by atoms with van der Waals surface area (Å²) in [6.07, 6.45) is 0. The fourth-order valence-electron chi connectivity index (χ4n) is 4.80. The zero-order valence-corrected chi connectivity index (χ0v) is 20.7. The number of ketones is 1. The summed E-state index contributed by atoms with van der Waals surface area (Å²) in [5.41, 5.74) is 1.70. The number of hydrogen-bond donors (Lipinski definition) is 1. The first-order valence-electron chi connectivity index (χ1n) is 12.3. The van der Waals surface area contributed by atoms with Crippen LogP contribution in [-0.2, 0) is 9.59 Å². The molecule has 1 heterocycles. The predicted molar refractivity (Wildman–Crippen MR) is 144 cm³/mol. The number of aliphatic hydroxyl groups excluding tert-OH is 1. The first-order valence-corrected chi connectivity index (χ1v) is 12.3. The lowest BCUT2D eigenvalue weighted by Crippen LogP contribution is -2.29. The van der Waals surface area contributed by atoms with Gasteiger partial charge in [-0.15, -0.1) is 0 Å². The molecule has 4 aromatic rings. The Kier molecular flexibility index (Phi) is 6.64. The number of aliphatic hydroxyl groups is 1.